The maximum atomic E-state index is 12.8. The van der Waals surface area contributed by atoms with Crippen molar-refractivity contribution in [1.82, 2.24) is 24.6 Å². The topological polar surface area (TPSA) is 77.1 Å². The molecule has 1 unspecified atom stereocenters. The number of rotatable bonds is 5. The summed E-state index contributed by atoms with van der Waals surface area (Å²) in [6.45, 7) is 9.66. The first-order valence-electron chi connectivity index (χ1n) is 9.97. The lowest BCUT2D eigenvalue weighted by Gasteiger charge is -2.19. The van der Waals surface area contributed by atoms with Crippen molar-refractivity contribution in [3.05, 3.63) is 41.3 Å². The molecule has 0 bridgehead atoms. The highest BCUT2D eigenvalue weighted by Gasteiger charge is 2.31. The van der Waals surface area contributed by atoms with E-state index in [9.17, 15) is 4.79 Å². The molecule has 1 aliphatic heterocycles. The molecule has 4 rings (SSSR count). The fraction of sp³-hybridized carbons (Fsp3) is 0.524. The predicted molar refractivity (Wildman–Crippen MR) is 106 cm³/mol. The Morgan fingerprint density at radius 3 is 2.89 bits per heavy atom. The number of amides is 1. The number of imidazole rings is 1. The van der Waals surface area contributed by atoms with Crippen molar-refractivity contribution in [2.75, 3.05) is 13.1 Å². The van der Waals surface area contributed by atoms with Crippen LogP contribution in [-0.4, -0.2) is 43.6 Å². The highest BCUT2D eigenvalue weighted by molar-refractivity contribution is 5.77. The zero-order valence-corrected chi connectivity index (χ0v) is 17.0. The van der Waals surface area contributed by atoms with Crippen LogP contribution in [0.25, 0.3) is 11.0 Å². The number of pyridine rings is 1. The Morgan fingerprint density at radius 1 is 1.36 bits per heavy atom. The molecular weight excluding hydrogens is 354 g/mol. The van der Waals surface area contributed by atoms with E-state index < -0.39 is 0 Å². The quantitative estimate of drug-likeness (QED) is 0.675. The van der Waals surface area contributed by atoms with Gasteiger partial charge in [-0.3, -0.25) is 9.78 Å². The van der Waals surface area contributed by atoms with Gasteiger partial charge < -0.3 is 14.0 Å². The number of hydrogen-bond acceptors (Lipinski definition) is 5. The number of carbonyl (C=O) groups excluding carboxylic acids is 1. The Labute approximate surface area is 164 Å². The van der Waals surface area contributed by atoms with Crippen molar-refractivity contribution < 1.29 is 9.32 Å². The lowest BCUT2D eigenvalue weighted by atomic mass is 10.1. The summed E-state index contributed by atoms with van der Waals surface area (Å²) in [4.78, 5) is 23.9. The van der Waals surface area contributed by atoms with E-state index in [4.69, 9.17) is 9.51 Å². The van der Waals surface area contributed by atoms with Crippen LogP contribution in [0.4, 0.5) is 0 Å². The van der Waals surface area contributed by atoms with Crippen molar-refractivity contribution in [2.24, 2.45) is 0 Å². The van der Waals surface area contributed by atoms with Crippen molar-refractivity contribution in [1.29, 1.82) is 0 Å². The summed E-state index contributed by atoms with van der Waals surface area (Å²) >= 11 is 0. The third kappa shape index (κ3) is 3.30. The van der Waals surface area contributed by atoms with Gasteiger partial charge in [-0.1, -0.05) is 5.16 Å². The van der Waals surface area contributed by atoms with Crippen molar-refractivity contribution >= 4 is 16.9 Å². The Balaban J connectivity index is 1.48. The van der Waals surface area contributed by atoms with E-state index in [1.807, 2.05) is 31.0 Å². The second-order valence-corrected chi connectivity index (χ2v) is 7.93. The Hall–Kier alpha value is -2.70. The molecule has 1 atom stereocenters. The van der Waals surface area contributed by atoms with Crippen LogP contribution in [0.15, 0.2) is 23.0 Å². The van der Waals surface area contributed by atoms with Crippen molar-refractivity contribution in [2.45, 2.75) is 58.9 Å². The second kappa shape index (κ2) is 7.37. The third-order valence-electron chi connectivity index (χ3n) is 5.71. The molecule has 3 aromatic rings. The summed E-state index contributed by atoms with van der Waals surface area (Å²) in [5.41, 5.74) is 3.97. The molecule has 28 heavy (non-hydrogen) atoms. The van der Waals surface area contributed by atoms with Crippen LogP contribution in [0.1, 0.15) is 61.5 Å². The zero-order valence-electron chi connectivity index (χ0n) is 17.0. The zero-order chi connectivity index (χ0) is 19.8. The Bertz CT molecular complexity index is 984. The second-order valence-electron chi connectivity index (χ2n) is 7.93. The first-order chi connectivity index (χ1) is 13.5. The lowest BCUT2D eigenvalue weighted by Crippen LogP contribution is -2.29. The fourth-order valence-corrected chi connectivity index (χ4v) is 4.24. The molecule has 1 aliphatic rings. The predicted octanol–water partition coefficient (Wildman–Crippen LogP) is 3.57. The van der Waals surface area contributed by atoms with E-state index in [0.29, 0.717) is 18.9 Å². The molecule has 0 radical (unpaired) electrons. The molecule has 1 saturated heterocycles. The van der Waals surface area contributed by atoms with Gasteiger partial charge in [0.1, 0.15) is 11.6 Å². The summed E-state index contributed by atoms with van der Waals surface area (Å²) in [6.07, 6.45) is 5.77. The van der Waals surface area contributed by atoms with Gasteiger partial charge >= 0.3 is 0 Å². The van der Waals surface area contributed by atoms with E-state index in [0.717, 1.165) is 53.4 Å². The molecule has 7 nitrogen and oxygen atoms in total. The summed E-state index contributed by atoms with van der Waals surface area (Å²) in [5.74, 6) is 2.33. The van der Waals surface area contributed by atoms with E-state index in [-0.39, 0.29) is 11.8 Å². The molecule has 0 aliphatic carbocycles. The number of aromatic nitrogens is 4. The highest BCUT2D eigenvalue weighted by Crippen LogP contribution is 2.32. The number of likely N-dealkylation sites (tertiary alicyclic amines) is 1. The summed E-state index contributed by atoms with van der Waals surface area (Å²) in [5, 5.41) is 3.97. The lowest BCUT2D eigenvalue weighted by molar-refractivity contribution is -0.130. The third-order valence-corrected chi connectivity index (χ3v) is 5.71. The standard InChI is InChI=1S/C21H27N5O2/c1-13(2)26-19-11-22-9-7-18(19)23-21(26)16-8-10-25(12-16)20(27)6-5-17-14(3)24-28-15(17)4/h7,9,11,13,16H,5-6,8,10,12H2,1-4H3. The van der Waals surface area contributed by atoms with Gasteiger partial charge in [-0.05, 0) is 46.6 Å². The SMILES string of the molecule is Cc1noc(C)c1CCC(=O)N1CCC(c2nc3ccncc3n2C(C)C)C1. The van der Waals surface area contributed by atoms with Gasteiger partial charge in [0.05, 0.1) is 22.9 Å². The van der Waals surface area contributed by atoms with Gasteiger partial charge in [0, 0.05) is 43.2 Å². The Kier molecular flexibility index (Phi) is 4.91. The van der Waals surface area contributed by atoms with E-state index in [1.54, 1.807) is 6.20 Å². The van der Waals surface area contributed by atoms with E-state index >= 15 is 0 Å². The number of hydrogen-bond donors (Lipinski definition) is 0. The van der Waals surface area contributed by atoms with Crippen LogP contribution in [-0.2, 0) is 11.2 Å². The molecule has 148 valence electrons. The van der Waals surface area contributed by atoms with E-state index in [1.165, 1.54) is 0 Å². The number of aryl methyl sites for hydroxylation is 2. The first kappa shape index (κ1) is 18.7. The monoisotopic (exact) mass is 381 g/mol. The van der Waals surface area contributed by atoms with Gasteiger partial charge in [0.25, 0.3) is 0 Å². The van der Waals surface area contributed by atoms with Gasteiger partial charge in [-0.25, -0.2) is 4.98 Å². The summed E-state index contributed by atoms with van der Waals surface area (Å²) < 4.78 is 7.47. The summed E-state index contributed by atoms with van der Waals surface area (Å²) in [6, 6.07) is 2.26. The minimum absolute atomic E-state index is 0.191. The minimum atomic E-state index is 0.191. The molecule has 1 fully saturated rings. The van der Waals surface area contributed by atoms with Crippen molar-refractivity contribution in [3.63, 3.8) is 0 Å². The molecule has 1 amide bonds. The van der Waals surface area contributed by atoms with Gasteiger partial charge in [0.2, 0.25) is 5.91 Å². The molecule has 0 aromatic carbocycles. The Morgan fingerprint density at radius 2 is 2.18 bits per heavy atom. The van der Waals surface area contributed by atoms with Gasteiger partial charge in [-0.2, -0.15) is 0 Å². The van der Waals surface area contributed by atoms with Crippen LogP contribution < -0.4 is 0 Å². The number of fused-ring (bicyclic) bond motifs is 1. The van der Waals surface area contributed by atoms with Crippen LogP contribution in [0.3, 0.4) is 0 Å². The highest BCUT2D eigenvalue weighted by atomic mass is 16.5. The molecule has 0 N–H and O–H groups in total. The van der Waals surface area contributed by atoms with Crippen LogP contribution in [0.5, 0.6) is 0 Å². The average Bonchev–Trinajstić information content (AvgIpc) is 3.37. The van der Waals surface area contributed by atoms with Crippen LogP contribution in [0, 0.1) is 13.8 Å². The molecule has 7 heteroatoms. The minimum Gasteiger partial charge on any atom is -0.361 e. The molecule has 0 saturated carbocycles. The summed E-state index contributed by atoms with van der Waals surface area (Å²) in [7, 11) is 0. The van der Waals surface area contributed by atoms with Crippen LogP contribution in [0.2, 0.25) is 0 Å². The largest absolute Gasteiger partial charge is 0.361 e. The maximum absolute atomic E-state index is 12.8. The number of carbonyl (C=O) groups is 1. The molecule has 4 heterocycles. The normalized spacial score (nSPS) is 17.2. The average molecular weight is 381 g/mol. The molecule has 0 spiro atoms. The molecular formula is C21H27N5O2. The number of nitrogens with zero attached hydrogens (tertiary/aromatic N) is 5. The fourth-order valence-electron chi connectivity index (χ4n) is 4.24. The smallest absolute Gasteiger partial charge is 0.222 e. The van der Waals surface area contributed by atoms with Gasteiger partial charge in [-0.15, -0.1) is 0 Å². The first-order valence-corrected chi connectivity index (χ1v) is 9.97. The van der Waals surface area contributed by atoms with Gasteiger partial charge in [0.15, 0.2) is 0 Å². The van der Waals surface area contributed by atoms with Crippen molar-refractivity contribution in [3.8, 4) is 0 Å². The maximum Gasteiger partial charge on any atom is 0.222 e. The molecule has 3 aromatic heterocycles. The van der Waals surface area contributed by atoms with Crippen LogP contribution >= 0.6 is 0 Å². The van der Waals surface area contributed by atoms with E-state index in [2.05, 4.69) is 28.6 Å².